The van der Waals surface area contributed by atoms with E-state index in [1.54, 1.807) is 11.1 Å². The summed E-state index contributed by atoms with van der Waals surface area (Å²) in [5.74, 6) is 3.25. The molecule has 1 nitrogen and oxygen atoms in total. The predicted octanol–water partition coefficient (Wildman–Crippen LogP) is 15.3. The van der Waals surface area contributed by atoms with Crippen molar-refractivity contribution in [2.45, 2.75) is 37.5 Å². The number of benzene rings is 9. The first-order valence-electron chi connectivity index (χ1n) is 21.9. The summed E-state index contributed by atoms with van der Waals surface area (Å²) in [4.78, 5) is 0. The number of fused-ring (bicyclic) bond motifs is 10. The van der Waals surface area contributed by atoms with E-state index < -0.39 is 0 Å². The Bertz CT molecular complexity index is 3310. The molecule has 4 saturated carbocycles. The van der Waals surface area contributed by atoms with Gasteiger partial charge in [0.25, 0.3) is 0 Å². The Balaban J connectivity index is 1.03. The Morgan fingerprint density at radius 1 is 0.373 bits per heavy atom. The van der Waals surface area contributed by atoms with Gasteiger partial charge in [0.2, 0.25) is 0 Å². The molecule has 4 bridgehead atoms. The Morgan fingerprint density at radius 2 is 0.915 bits per heavy atom. The minimum absolute atomic E-state index is 0.0935. The lowest BCUT2D eigenvalue weighted by atomic mass is 9.43. The summed E-state index contributed by atoms with van der Waals surface area (Å²) < 4.78 is 2.44. The van der Waals surface area contributed by atoms with E-state index in [4.69, 9.17) is 0 Å². The highest BCUT2D eigenvalue weighted by atomic mass is 15.0. The molecule has 15 rings (SSSR count). The molecule has 0 atom stereocenters. The molecule has 0 amide bonds. The van der Waals surface area contributed by atoms with Crippen LogP contribution >= 0.6 is 0 Å². The van der Waals surface area contributed by atoms with Crippen LogP contribution in [-0.2, 0) is 5.41 Å². The zero-order valence-corrected chi connectivity index (χ0v) is 33.0. The molecule has 1 spiro atoms. The van der Waals surface area contributed by atoms with Crippen LogP contribution < -0.4 is 0 Å². The first kappa shape index (κ1) is 32.5. The van der Waals surface area contributed by atoms with E-state index in [2.05, 4.69) is 180 Å². The third-order valence-corrected chi connectivity index (χ3v) is 15.7. The summed E-state index contributed by atoms with van der Waals surface area (Å²) in [7, 11) is 0. The van der Waals surface area contributed by atoms with Gasteiger partial charge in [0.15, 0.2) is 0 Å². The topological polar surface area (TPSA) is 4.93 Å². The maximum Gasteiger partial charge on any atom is 0.0547 e. The van der Waals surface area contributed by atoms with Crippen LogP contribution in [-0.4, -0.2) is 4.57 Å². The van der Waals surface area contributed by atoms with E-state index in [1.165, 1.54) is 125 Å². The molecule has 4 fully saturated rings. The summed E-state index contributed by atoms with van der Waals surface area (Å²) in [6, 6.07) is 67.2. The number of nitrogens with zero attached hydrogens (tertiary/aromatic N) is 1. The summed E-state index contributed by atoms with van der Waals surface area (Å²) in [5.41, 5.74) is 15.3. The molecule has 1 aromatic heterocycles. The second-order valence-corrected chi connectivity index (χ2v) is 18.4. The summed E-state index contributed by atoms with van der Waals surface area (Å²) in [6.07, 6.45) is 7.01. The molecule has 0 N–H and O–H groups in total. The van der Waals surface area contributed by atoms with Crippen LogP contribution in [0.2, 0.25) is 0 Å². The van der Waals surface area contributed by atoms with Gasteiger partial charge in [0, 0.05) is 21.9 Å². The van der Waals surface area contributed by atoms with Gasteiger partial charge in [-0.05, 0) is 163 Å². The van der Waals surface area contributed by atoms with Gasteiger partial charge in [-0.2, -0.15) is 0 Å². The SMILES string of the molecule is c1ccc(-n2c3ccccc3c3ccc(-c4c5ccccc5c(-c5ccc6c(c5)C5(c7ccc8ccccc8c7-6)C6CC7CC(C6)CC5C7)c5ccccc45)cc32)cc1. The van der Waals surface area contributed by atoms with Crippen molar-refractivity contribution in [2.75, 3.05) is 0 Å². The number of aromatic nitrogens is 1. The van der Waals surface area contributed by atoms with Crippen molar-refractivity contribution in [3.63, 3.8) is 0 Å². The predicted molar refractivity (Wildman–Crippen MR) is 247 cm³/mol. The van der Waals surface area contributed by atoms with Gasteiger partial charge < -0.3 is 4.57 Å². The Labute approximate surface area is 344 Å². The van der Waals surface area contributed by atoms with Crippen LogP contribution in [0.25, 0.3) is 93.2 Å². The van der Waals surface area contributed by atoms with Gasteiger partial charge in [-0.25, -0.2) is 0 Å². The Hall–Kier alpha value is -6.44. The molecule has 5 aliphatic rings. The third-order valence-electron chi connectivity index (χ3n) is 15.7. The van der Waals surface area contributed by atoms with Crippen LogP contribution in [0.1, 0.15) is 43.2 Å². The number of hydrogen-bond donors (Lipinski definition) is 0. The first-order chi connectivity index (χ1) is 29.2. The van der Waals surface area contributed by atoms with Crippen molar-refractivity contribution >= 4 is 54.1 Å². The summed E-state index contributed by atoms with van der Waals surface area (Å²) in [5, 5.41) is 10.6. The van der Waals surface area contributed by atoms with Crippen LogP contribution in [0.4, 0.5) is 0 Å². The van der Waals surface area contributed by atoms with E-state index in [9.17, 15) is 0 Å². The molecule has 0 saturated heterocycles. The molecule has 280 valence electrons. The lowest BCUT2D eigenvalue weighted by Crippen LogP contribution is -2.55. The number of para-hydroxylation sites is 2. The fraction of sp³-hybridized carbons (Fsp3) is 0.172. The average Bonchev–Trinajstić information content (AvgIpc) is 3.77. The maximum atomic E-state index is 2.70. The molecule has 5 aliphatic carbocycles. The molecular weight excluding hydrogens is 711 g/mol. The first-order valence-corrected chi connectivity index (χ1v) is 21.9. The number of rotatable bonds is 3. The van der Waals surface area contributed by atoms with Gasteiger partial charge in [0.1, 0.15) is 0 Å². The standard InChI is InChI=1S/C58H43N/c1-2-13-42(14-3-1)59-53-21-11-10-16-44(53)45-25-22-39(34-54(45)59)56-48-19-8-6-17-46(48)55(47-18-7-9-20-49(47)56)38-23-26-50-52(33-38)58(40-29-35-28-36(31-40)32-41(58)30-35)51-27-24-37-12-4-5-15-43(37)57(50)51/h1-27,33-36,40-41H,28-32H2. The van der Waals surface area contributed by atoms with Crippen molar-refractivity contribution in [1.29, 1.82) is 0 Å². The van der Waals surface area contributed by atoms with Crippen LogP contribution in [0.5, 0.6) is 0 Å². The second kappa shape index (κ2) is 11.8. The maximum absolute atomic E-state index is 2.70. The molecule has 1 heteroatoms. The fourth-order valence-corrected chi connectivity index (χ4v) is 13.9. The molecule has 59 heavy (non-hydrogen) atoms. The summed E-state index contributed by atoms with van der Waals surface area (Å²) >= 11 is 0. The van der Waals surface area contributed by atoms with E-state index in [1.807, 2.05) is 0 Å². The van der Waals surface area contributed by atoms with Crippen molar-refractivity contribution in [2.24, 2.45) is 23.7 Å². The Kier molecular flexibility index (Phi) is 6.52. The second-order valence-electron chi connectivity index (χ2n) is 18.4. The van der Waals surface area contributed by atoms with Crippen molar-refractivity contribution in [3.05, 3.63) is 187 Å². The molecule has 10 aromatic rings. The lowest BCUT2D eigenvalue weighted by molar-refractivity contribution is -0.0399. The highest BCUT2D eigenvalue weighted by Gasteiger charge is 2.61. The van der Waals surface area contributed by atoms with Gasteiger partial charge in [-0.3, -0.25) is 0 Å². The third kappa shape index (κ3) is 4.25. The molecule has 0 aliphatic heterocycles. The van der Waals surface area contributed by atoms with Gasteiger partial charge >= 0.3 is 0 Å². The molecular formula is C58H43N. The highest BCUT2D eigenvalue weighted by Crippen LogP contribution is 2.70. The molecule has 9 aromatic carbocycles. The number of hydrogen-bond acceptors (Lipinski definition) is 0. The van der Waals surface area contributed by atoms with Crippen molar-refractivity contribution in [1.82, 2.24) is 4.57 Å². The average molecular weight is 754 g/mol. The van der Waals surface area contributed by atoms with Gasteiger partial charge in [-0.1, -0.05) is 146 Å². The van der Waals surface area contributed by atoms with Crippen molar-refractivity contribution in [3.8, 4) is 39.1 Å². The van der Waals surface area contributed by atoms with E-state index in [-0.39, 0.29) is 5.41 Å². The Morgan fingerprint density at radius 3 is 1.59 bits per heavy atom. The van der Waals surface area contributed by atoms with E-state index >= 15 is 0 Å². The minimum Gasteiger partial charge on any atom is -0.309 e. The smallest absolute Gasteiger partial charge is 0.0547 e. The monoisotopic (exact) mass is 753 g/mol. The van der Waals surface area contributed by atoms with Crippen molar-refractivity contribution < 1.29 is 0 Å². The molecule has 1 heterocycles. The van der Waals surface area contributed by atoms with Gasteiger partial charge in [-0.15, -0.1) is 0 Å². The molecule has 0 unspecified atom stereocenters. The zero-order chi connectivity index (χ0) is 38.4. The quantitative estimate of drug-likeness (QED) is 0.158. The summed E-state index contributed by atoms with van der Waals surface area (Å²) in [6.45, 7) is 0. The van der Waals surface area contributed by atoms with Crippen LogP contribution in [0, 0.1) is 23.7 Å². The highest BCUT2D eigenvalue weighted by molar-refractivity contribution is 6.22. The normalized spacial score (nSPS) is 22.6. The van der Waals surface area contributed by atoms with Crippen LogP contribution in [0.3, 0.4) is 0 Å². The van der Waals surface area contributed by atoms with E-state index in [0.717, 1.165) is 11.8 Å². The fourth-order valence-electron chi connectivity index (χ4n) is 13.9. The largest absolute Gasteiger partial charge is 0.309 e. The van der Waals surface area contributed by atoms with E-state index in [0.29, 0.717) is 11.8 Å². The minimum atomic E-state index is 0.0935. The van der Waals surface area contributed by atoms with Gasteiger partial charge in [0.05, 0.1) is 11.0 Å². The molecule has 0 radical (unpaired) electrons. The zero-order valence-electron chi connectivity index (χ0n) is 33.0. The lowest BCUT2D eigenvalue weighted by Gasteiger charge is -2.61. The van der Waals surface area contributed by atoms with Crippen LogP contribution in [0.15, 0.2) is 176 Å².